The summed E-state index contributed by atoms with van der Waals surface area (Å²) in [6.07, 6.45) is 0. The molecule has 0 radical (unpaired) electrons. The number of hydrogen-bond donors (Lipinski definition) is 1. The van der Waals surface area contributed by atoms with Crippen molar-refractivity contribution in [3.63, 3.8) is 0 Å². The molecule has 0 amide bonds. The van der Waals surface area contributed by atoms with Crippen LogP contribution in [0.3, 0.4) is 0 Å². The summed E-state index contributed by atoms with van der Waals surface area (Å²) in [4.78, 5) is 0. The molecule has 4 nitrogen and oxygen atoms in total. The van der Waals surface area contributed by atoms with E-state index in [0.29, 0.717) is 19.1 Å². The molecular formula is C20H27BrNO3P. The molecule has 0 aliphatic rings. The third-order valence-electron chi connectivity index (χ3n) is 4.00. The second-order valence-corrected chi connectivity index (χ2v) is 9.28. The Hall–Kier alpha value is -1.13. The van der Waals surface area contributed by atoms with Crippen LogP contribution in [0, 0.1) is 0 Å². The molecule has 2 rings (SSSR count). The molecular weight excluding hydrogens is 413 g/mol. The predicted octanol–water partition coefficient (Wildman–Crippen LogP) is 6.95. The molecule has 0 aliphatic carbocycles. The summed E-state index contributed by atoms with van der Waals surface area (Å²) in [6.45, 7) is 8.59. The van der Waals surface area contributed by atoms with Gasteiger partial charge < -0.3 is 14.4 Å². The molecule has 1 atom stereocenters. The van der Waals surface area contributed by atoms with Crippen molar-refractivity contribution < 1.29 is 13.6 Å². The maximum atomic E-state index is 13.5. The zero-order valence-corrected chi connectivity index (χ0v) is 18.2. The lowest BCUT2D eigenvalue weighted by Crippen LogP contribution is -2.15. The second kappa shape index (κ2) is 9.70. The van der Waals surface area contributed by atoms with Crippen LogP contribution in [0.25, 0.3) is 0 Å². The van der Waals surface area contributed by atoms with Crippen LogP contribution < -0.4 is 5.32 Å². The van der Waals surface area contributed by atoms with Crippen LogP contribution in [-0.4, -0.2) is 13.2 Å². The number of benzene rings is 2. The van der Waals surface area contributed by atoms with Gasteiger partial charge in [-0.1, -0.05) is 54.0 Å². The van der Waals surface area contributed by atoms with Gasteiger partial charge in [-0.15, -0.1) is 0 Å². The molecule has 0 aliphatic heterocycles. The predicted molar refractivity (Wildman–Crippen MR) is 112 cm³/mol. The van der Waals surface area contributed by atoms with Crippen molar-refractivity contribution in [1.82, 2.24) is 0 Å². The Balaban J connectivity index is 2.39. The third-order valence-corrected chi connectivity index (χ3v) is 6.83. The van der Waals surface area contributed by atoms with Gasteiger partial charge in [0.25, 0.3) is 0 Å². The van der Waals surface area contributed by atoms with Crippen LogP contribution in [0.1, 0.15) is 50.5 Å². The van der Waals surface area contributed by atoms with Gasteiger partial charge in [-0.2, -0.15) is 0 Å². The normalized spacial score (nSPS) is 13.0. The van der Waals surface area contributed by atoms with Crippen molar-refractivity contribution in [1.29, 1.82) is 0 Å². The van der Waals surface area contributed by atoms with E-state index in [1.54, 1.807) is 0 Å². The number of hydrogen-bond acceptors (Lipinski definition) is 4. The van der Waals surface area contributed by atoms with E-state index in [4.69, 9.17) is 9.05 Å². The first kappa shape index (κ1) is 21.2. The molecule has 0 spiro atoms. The van der Waals surface area contributed by atoms with E-state index >= 15 is 0 Å². The lowest BCUT2D eigenvalue weighted by molar-refractivity contribution is 0.214. The Labute approximate surface area is 165 Å². The van der Waals surface area contributed by atoms with Gasteiger partial charge in [-0.25, -0.2) is 0 Å². The van der Waals surface area contributed by atoms with Gasteiger partial charge in [0, 0.05) is 10.2 Å². The zero-order valence-electron chi connectivity index (χ0n) is 15.7. The summed E-state index contributed by atoms with van der Waals surface area (Å²) in [5, 5.41) is 3.36. The van der Waals surface area contributed by atoms with E-state index in [2.05, 4.69) is 47.2 Å². The average molecular weight is 440 g/mol. The van der Waals surface area contributed by atoms with E-state index in [9.17, 15) is 4.57 Å². The molecule has 0 aromatic heterocycles. The molecule has 2 aromatic rings. The van der Waals surface area contributed by atoms with Gasteiger partial charge in [-0.3, -0.25) is 4.57 Å². The SMILES string of the molecule is CCOP(=O)(OCC)[C@H](Nc1ccc(C(C)C)cc1)c1ccc(Br)cc1. The molecule has 26 heavy (non-hydrogen) atoms. The van der Waals surface area contributed by atoms with Crippen molar-refractivity contribution in [3.05, 3.63) is 64.1 Å². The highest BCUT2D eigenvalue weighted by molar-refractivity contribution is 9.10. The summed E-state index contributed by atoms with van der Waals surface area (Å²) >= 11 is 3.44. The maximum Gasteiger partial charge on any atom is 0.357 e. The Bertz CT molecular complexity index is 722. The fraction of sp³-hybridized carbons (Fsp3) is 0.400. The van der Waals surface area contributed by atoms with Crippen molar-refractivity contribution in [2.24, 2.45) is 0 Å². The van der Waals surface area contributed by atoms with E-state index < -0.39 is 13.4 Å². The Morgan fingerprint density at radius 2 is 1.42 bits per heavy atom. The summed E-state index contributed by atoms with van der Waals surface area (Å²) in [5.41, 5.74) is 2.99. The molecule has 2 aromatic carbocycles. The topological polar surface area (TPSA) is 47.6 Å². The van der Waals surface area contributed by atoms with E-state index in [-0.39, 0.29) is 0 Å². The van der Waals surface area contributed by atoms with Gasteiger partial charge in [0.05, 0.1) is 13.2 Å². The van der Waals surface area contributed by atoms with Gasteiger partial charge in [0.15, 0.2) is 5.78 Å². The summed E-state index contributed by atoms with van der Waals surface area (Å²) in [6, 6.07) is 15.9. The number of rotatable bonds is 9. The molecule has 0 bridgehead atoms. The Kier molecular flexibility index (Phi) is 7.90. The largest absolute Gasteiger partial charge is 0.368 e. The molecule has 6 heteroatoms. The fourth-order valence-electron chi connectivity index (χ4n) is 2.66. The lowest BCUT2D eigenvalue weighted by Gasteiger charge is -2.28. The second-order valence-electron chi connectivity index (χ2n) is 6.25. The molecule has 0 fully saturated rings. The van der Waals surface area contributed by atoms with Crippen molar-refractivity contribution in [2.75, 3.05) is 18.5 Å². The first-order valence-corrected chi connectivity index (χ1v) is 11.3. The number of halogens is 1. The fourth-order valence-corrected chi connectivity index (χ4v) is 4.86. The number of nitrogens with one attached hydrogen (secondary N) is 1. The first-order valence-electron chi connectivity index (χ1n) is 8.90. The monoisotopic (exact) mass is 439 g/mol. The maximum absolute atomic E-state index is 13.5. The van der Waals surface area contributed by atoms with Crippen LogP contribution in [0.2, 0.25) is 0 Å². The van der Waals surface area contributed by atoms with Gasteiger partial charge in [-0.05, 0) is 55.2 Å². The highest BCUT2D eigenvalue weighted by atomic mass is 79.9. The molecule has 0 saturated heterocycles. The van der Waals surface area contributed by atoms with Crippen LogP contribution in [0.5, 0.6) is 0 Å². The summed E-state index contributed by atoms with van der Waals surface area (Å²) in [7, 11) is -3.39. The zero-order chi connectivity index (χ0) is 19.2. The van der Waals surface area contributed by atoms with E-state index in [0.717, 1.165) is 15.7 Å². The first-order chi connectivity index (χ1) is 12.4. The van der Waals surface area contributed by atoms with Crippen LogP contribution in [0.4, 0.5) is 5.69 Å². The minimum Gasteiger partial charge on any atom is -0.368 e. The van der Waals surface area contributed by atoms with Crippen LogP contribution >= 0.6 is 23.5 Å². The highest BCUT2D eigenvalue weighted by Crippen LogP contribution is 2.60. The molecule has 0 unspecified atom stereocenters. The van der Waals surface area contributed by atoms with E-state index in [1.807, 2.05) is 50.2 Å². The average Bonchev–Trinajstić information content (AvgIpc) is 2.61. The molecule has 142 valence electrons. The molecule has 1 N–H and O–H groups in total. The minimum atomic E-state index is -3.39. The highest BCUT2D eigenvalue weighted by Gasteiger charge is 2.37. The summed E-state index contributed by atoms with van der Waals surface area (Å²) in [5.74, 6) is -0.121. The quantitative estimate of drug-likeness (QED) is 0.429. The van der Waals surface area contributed by atoms with E-state index in [1.165, 1.54) is 5.56 Å². The summed E-state index contributed by atoms with van der Waals surface area (Å²) < 4.78 is 25.6. The lowest BCUT2D eigenvalue weighted by atomic mass is 10.0. The van der Waals surface area contributed by atoms with Gasteiger partial charge >= 0.3 is 7.60 Å². The third kappa shape index (κ3) is 5.43. The molecule has 0 heterocycles. The van der Waals surface area contributed by atoms with Crippen molar-refractivity contribution in [2.45, 2.75) is 39.4 Å². The van der Waals surface area contributed by atoms with Gasteiger partial charge in [0.2, 0.25) is 0 Å². The Morgan fingerprint density at radius 1 is 0.923 bits per heavy atom. The van der Waals surface area contributed by atoms with Gasteiger partial charge in [0.1, 0.15) is 0 Å². The van der Waals surface area contributed by atoms with Crippen LogP contribution in [0.15, 0.2) is 53.0 Å². The standard InChI is InChI=1S/C20H27BrNO3P/c1-5-24-26(23,25-6-2)20(17-7-11-18(21)12-8-17)22-19-13-9-16(10-14-19)15(3)4/h7-15,20,22H,5-6H2,1-4H3/t20-/m0/s1. The molecule has 0 saturated carbocycles. The smallest absolute Gasteiger partial charge is 0.357 e. The minimum absolute atomic E-state index is 0.318. The number of anilines is 1. The Morgan fingerprint density at radius 3 is 1.88 bits per heavy atom. The van der Waals surface area contributed by atoms with Crippen molar-refractivity contribution in [3.8, 4) is 0 Å². The van der Waals surface area contributed by atoms with Crippen LogP contribution in [-0.2, 0) is 13.6 Å². The van der Waals surface area contributed by atoms with Crippen molar-refractivity contribution >= 4 is 29.2 Å².